The maximum absolute atomic E-state index is 13.9. The molecule has 1 aliphatic carbocycles. The van der Waals surface area contributed by atoms with Crippen molar-refractivity contribution in [1.82, 2.24) is 9.88 Å². The number of carbonyl (C=O) groups is 1. The van der Waals surface area contributed by atoms with Crippen molar-refractivity contribution in [1.29, 1.82) is 0 Å². The third kappa shape index (κ3) is 4.49. The molecule has 0 radical (unpaired) electrons. The maximum Gasteiger partial charge on any atom is 0.410 e. The van der Waals surface area contributed by atoms with Crippen LogP contribution in [0.3, 0.4) is 0 Å². The Kier molecular flexibility index (Phi) is 5.58. The average Bonchev–Trinajstić information content (AvgIpc) is 3.13. The molecule has 5 nitrogen and oxygen atoms in total. The van der Waals surface area contributed by atoms with Gasteiger partial charge in [-0.3, -0.25) is 0 Å². The molecule has 3 atom stereocenters. The van der Waals surface area contributed by atoms with Gasteiger partial charge in [-0.1, -0.05) is 29.3 Å². The number of piperidine rings is 1. The highest BCUT2D eigenvalue weighted by atomic mass is 35.5. The van der Waals surface area contributed by atoms with Crippen molar-refractivity contribution in [3.8, 4) is 5.88 Å². The van der Waals surface area contributed by atoms with Gasteiger partial charge in [-0.25, -0.2) is 14.2 Å². The molecule has 1 unspecified atom stereocenters. The summed E-state index contributed by atoms with van der Waals surface area (Å²) in [5.74, 6) is 0.776. The lowest BCUT2D eigenvalue weighted by atomic mass is 10.1. The monoisotopic (exact) mass is 452 g/mol. The van der Waals surface area contributed by atoms with Crippen molar-refractivity contribution in [2.24, 2.45) is 11.8 Å². The van der Waals surface area contributed by atoms with Gasteiger partial charge in [0.15, 0.2) is 0 Å². The van der Waals surface area contributed by atoms with E-state index in [1.165, 1.54) is 6.07 Å². The molecule has 1 saturated heterocycles. The fourth-order valence-electron chi connectivity index (χ4n) is 3.95. The number of amides is 1. The highest BCUT2D eigenvalue weighted by molar-refractivity contribution is 6.31. The first-order valence-electron chi connectivity index (χ1n) is 9.83. The van der Waals surface area contributed by atoms with Gasteiger partial charge in [0.05, 0.1) is 10.7 Å². The van der Waals surface area contributed by atoms with E-state index in [9.17, 15) is 9.18 Å². The van der Waals surface area contributed by atoms with Crippen LogP contribution in [0.15, 0.2) is 30.3 Å². The first-order valence-corrected chi connectivity index (χ1v) is 10.6. The van der Waals surface area contributed by atoms with Gasteiger partial charge < -0.3 is 14.4 Å². The van der Waals surface area contributed by atoms with Gasteiger partial charge in [-0.2, -0.15) is 0 Å². The fraction of sp³-hybridized carbons (Fsp3) is 0.455. The number of hydrogen-bond donors (Lipinski definition) is 0. The van der Waals surface area contributed by atoms with Crippen LogP contribution in [-0.4, -0.2) is 34.7 Å². The summed E-state index contributed by atoms with van der Waals surface area (Å²) >= 11 is 12.2. The van der Waals surface area contributed by atoms with Crippen molar-refractivity contribution in [2.75, 3.05) is 13.1 Å². The van der Waals surface area contributed by atoms with E-state index in [4.69, 9.17) is 32.7 Å². The van der Waals surface area contributed by atoms with Crippen molar-refractivity contribution in [3.63, 3.8) is 0 Å². The zero-order chi connectivity index (χ0) is 21.6. The Morgan fingerprint density at radius 3 is 2.53 bits per heavy atom. The molecule has 0 N–H and O–H groups in total. The summed E-state index contributed by atoms with van der Waals surface area (Å²) in [6.45, 7) is 6.87. The van der Waals surface area contributed by atoms with Crippen molar-refractivity contribution in [2.45, 2.75) is 38.9 Å². The number of ether oxygens (including phenoxy) is 2. The van der Waals surface area contributed by atoms with E-state index in [0.717, 1.165) is 5.69 Å². The van der Waals surface area contributed by atoms with Gasteiger partial charge in [0.25, 0.3) is 0 Å². The Balaban J connectivity index is 1.39. The Hall–Kier alpha value is -2.05. The van der Waals surface area contributed by atoms with Crippen molar-refractivity contribution < 1.29 is 18.7 Å². The van der Waals surface area contributed by atoms with Crippen LogP contribution in [0.25, 0.3) is 0 Å². The standard InChI is InChI=1S/C22H23Cl2FN2O3/c1-22(2,3)30-21(28)27-9-14-15(10-27)19(14)20-16(24)6-7-18(26-20)29-11-12-4-5-13(23)8-17(12)25/h4-8,14-15,19H,9-11H2,1-3H3/t14-,15+,19?. The number of fused-ring (bicyclic) bond motifs is 1. The van der Waals surface area contributed by atoms with E-state index >= 15 is 0 Å². The number of benzene rings is 1. The summed E-state index contributed by atoms with van der Waals surface area (Å²) in [4.78, 5) is 18.6. The molecule has 2 aliphatic rings. The lowest BCUT2D eigenvalue weighted by molar-refractivity contribution is 0.0270. The molecule has 2 fully saturated rings. The van der Waals surface area contributed by atoms with Crippen LogP contribution >= 0.6 is 23.2 Å². The van der Waals surface area contributed by atoms with Crippen LogP contribution in [0.1, 0.15) is 37.9 Å². The molecular weight excluding hydrogens is 430 g/mol. The molecule has 1 saturated carbocycles. The summed E-state index contributed by atoms with van der Waals surface area (Å²) in [6.07, 6.45) is -0.283. The summed E-state index contributed by atoms with van der Waals surface area (Å²) in [6, 6.07) is 7.88. The molecule has 2 heterocycles. The minimum Gasteiger partial charge on any atom is -0.473 e. The predicted molar refractivity (Wildman–Crippen MR) is 113 cm³/mol. The topological polar surface area (TPSA) is 51.7 Å². The third-order valence-electron chi connectivity index (χ3n) is 5.40. The molecule has 0 bridgehead atoms. The summed E-state index contributed by atoms with van der Waals surface area (Å²) < 4.78 is 25.1. The molecule has 0 spiro atoms. The normalized spacial score (nSPS) is 22.6. The van der Waals surface area contributed by atoms with Crippen molar-refractivity contribution in [3.05, 3.63) is 57.5 Å². The van der Waals surface area contributed by atoms with Gasteiger partial charge in [0, 0.05) is 35.7 Å². The predicted octanol–water partition coefficient (Wildman–Crippen LogP) is 5.69. The molecular formula is C22H23Cl2FN2O3. The SMILES string of the molecule is CC(C)(C)OC(=O)N1C[C@@H]2C(c3nc(OCc4ccc(Cl)cc4F)ccc3Cl)[C@@H]2C1. The Bertz CT molecular complexity index is 967. The second-order valence-electron chi connectivity index (χ2n) is 8.78. The van der Waals surface area contributed by atoms with Crippen LogP contribution in [0.4, 0.5) is 9.18 Å². The van der Waals surface area contributed by atoms with E-state index in [1.807, 2.05) is 20.8 Å². The highest BCUT2D eigenvalue weighted by Gasteiger charge is 2.59. The third-order valence-corrected chi connectivity index (χ3v) is 5.95. The van der Waals surface area contributed by atoms with E-state index < -0.39 is 11.4 Å². The summed E-state index contributed by atoms with van der Waals surface area (Å²) in [7, 11) is 0. The molecule has 30 heavy (non-hydrogen) atoms. The zero-order valence-electron chi connectivity index (χ0n) is 17.0. The second kappa shape index (κ2) is 7.89. The van der Waals surface area contributed by atoms with Crippen molar-refractivity contribution >= 4 is 29.3 Å². The summed E-state index contributed by atoms with van der Waals surface area (Å²) in [5, 5.41) is 0.909. The van der Waals surface area contributed by atoms with E-state index in [0.29, 0.717) is 46.4 Å². The average molecular weight is 453 g/mol. The van der Waals surface area contributed by atoms with Crippen LogP contribution in [0, 0.1) is 17.7 Å². The fourth-order valence-corrected chi connectivity index (χ4v) is 4.34. The van der Waals surface area contributed by atoms with Crippen LogP contribution < -0.4 is 4.74 Å². The highest BCUT2D eigenvalue weighted by Crippen LogP contribution is 2.59. The number of aromatic nitrogens is 1. The van der Waals surface area contributed by atoms with Gasteiger partial charge in [-0.15, -0.1) is 0 Å². The summed E-state index contributed by atoms with van der Waals surface area (Å²) in [5.41, 5.74) is 0.655. The quantitative estimate of drug-likeness (QED) is 0.597. The van der Waals surface area contributed by atoms with Crippen LogP contribution in [0.2, 0.25) is 10.0 Å². The van der Waals surface area contributed by atoms with Gasteiger partial charge >= 0.3 is 6.09 Å². The number of nitrogens with zero attached hydrogens (tertiary/aromatic N) is 2. The molecule has 8 heteroatoms. The Labute approximate surface area is 185 Å². The van der Waals surface area contributed by atoms with Crippen LogP contribution in [-0.2, 0) is 11.3 Å². The second-order valence-corrected chi connectivity index (χ2v) is 9.62. The smallest absolute Gasteiger partial charge is 0.410 e. The molecule has 2 aromatic rings. The molecule has 1 amide bonds. The van der Waals surface area contributed by atoms with E-state index in [2.05, 4.69) is 4.98 Å². The van der Waals surface area contributed by atoms with Gasteiger partial charge in [-0.05, 0) is 50.8 Å². The number of likely N-dealkylation sites (tertiary alicyclic amines) is 1. The number of halogens is 3. The van der Waals surface area contributed by atoms with E-state index in [1.54, 1.807) is 29.2 Å². The lowest BCUT2D eigenvalue weighted by Crippen LogP contribution is -2.36. The van der Waals surface area contributed by atoms with Gasteiger partial charge in [0.2, 0.25) is 5.88 Å². The molecule has 1 aliphatic heterocycles. The number of pyridine rings is 1. The first kappa shape index (κ1) is 21.2. The minimum absolute atomic E-state index is 0.0427. The number of rotatable bonds is 4. The van der Waals surface area contributed by atoms with Gasteiger partial charge in [0.1, 0.15) is 18.0 Å². The largest absolute Gasteiger partial charge is 0.473 e. The molecule has 160 valence electrons. The minimum atomic E-state index is -0.511. The number of hydrogen-bond acceptors (Lipinski definition) is 4. The Morgan fingerprint density at radius 1 is 1.20 bits per heavy atom. The molecule has 1 aromatic carbocycles. The van der Waals surface area contributed by atoms with Crippen LogP contribution in [0.5, 0.6) is 5.88 Å². The van der Waals surface area contributed by atoms with E-state index in [-0.39, 0.29) is 18.6 Å². The first-order chi connectivity index (χ1) is 14.1. The molecule has 4 rings (SSSR count). The number of carbonyl (C=O) groups excluding carboxylic acids is 1. The maximum atomic E-state index is 13.9. The zero-order valence-corrected chi connectivity index (χ0v) is 18.5. The Morgan fingerprint density at radius 2 is 1.90 bits per heavy atom. The molecule has 1 aromatic heterocycles. The lowest BCUT2D eigenvalue weighted by Gasteiger charge is -2.26.